The molecule has 0 saturated heterocycles. The zero-order chi connectivity index (χ0) is 12.7. The fraction of sp³-hybridized carbons (Fsp3) is 0.636. The third kappa shape index (κ3) is 5.16. The van der Waals surface area contributed by atoms with Crippen LogP contribution in [0.1, 0.15) is 11.8 Å². The van der Waals surface area contributed by atoms with Crippen molar-refractivity contribution < 1.29 is 8.42 Å². The highest BCUT2D eigenvalue weighted by Crippen LogP contribution is 2.10. The van der Waals surface area contributed by atoms with Gasteiger partial charge in [0.2, 0.25) is 10.0 Å². The topological polar surface area (TPSA) is 49.4 Å². The SMILES string of the molecule is CCNCCS(=O)(=O)N(C)CCc1cccs1. The van der Waals surface area contributed by atoms with E-state index in [1.54, 1.807) is 18.4 Å². The molecule has 1 aromatic heterocycles. The van der Waals surface area contributed by atoms with Crippen LogP contribution in [0.4, 0.5) is 0 Å². The number of rotatable bonds is 8. The molecular weight excluding hydrogens is 256 g/mol. The second kappa shape index (κ2) is 7.10. The Bertz CT molecular complexity index is 401. The third-order valence-electron chi connectivity index (χ3n) is 2.51. The predicted octanol–water partition coefficient (Wildman–Crippen LogP) is 1.16. The van der Waals surface area contributed by atoms with Gasteiger partial charge in [0.1, 0.15) is 0 Å². The number of nitrogens with one attached hydrogen (secondary N) is 1. The van der Waals surface area contributed by atoms with E-state index in [2.05, 4.69) is 5.32 Å². The summed E-state index contributed by atoms with van der Waals surface area (Å²) in [5.74, 6) is 0.168. The highest BCUT2D eigenvalue weighted by atomic mass is 32.2. The van der Waals surface area contributed by atoms with Gasteiger partial charge >= 0.3 is 0 Å². The average molecular weight is 276 g/mol. The molecule has 98 valence electrons. The molecule has 17 heavy (non-hydrogen) atoms. The highest BCUT2D eigenvalue weighted by Gasteiger charge is 2.16. The first-order chi connectivity index (χ1) is 8.06. The van der Waals surface area contributed by atoms with Crippen LogP contribution in [0.15, 0.2) is 17.5 Å². The number of sulfonamides is 1. The molecule has 0 fully saturated rings. The fourth-order valence-corrected chi connectivity index (χ4v) is 3.18. The lowest BCUT2D eigenvalue weighted by molar-refractivity contribution is 0.472. The van der Waals surface area contributed by atoms with E-state index in [0.29, 0.717) is 13.1 Å². The van der Waals surface area contributed by atoms with Crippen LogP contribution < -0.4 is 5.32 Å². The maximum atomic E-state index is 11.9. The van der Waals surface area contributed by atoms with Crippen LogP contribution in [-0.4, -0.2) is 45.2 Å². The molecule has 6 heteroatoms. The number of thiophene rings is 1. The molecule has 0 aliphatic rings. The van der Waals surface area contributed by atoms with Crippen molar-refractivity contribution >= 4 is 21.4 Å². The molecule has 1 aromatic rings. The molecule has 0 aromatic carbocycles. The van der Waals surface area contributed by atoms with Crippen LogP contribution in [-0.2, 0) is 16.4 Å². The Labute approximate surface area is 108 Å². The summed E-state index contributed by atoms with van der Waals surface area (Å²) in [4.78, 5) is 1.22. The summed E-state index contributed by atoms with van der Waals surface area (Å²) < 4.78 is 25.2. The van der Waals surface area contributed by atoms with Gasteiger partial charge in [-0.1, -0.05) is 13.0 Å². The fourth-order valence-electron chi connectivity index (χ4n) is 1.40. The summed E-state index contributed by atoms with van der Waals surface area (Å²) >= 11 is 1.66. The maximum Gasteiger partial charge on any atom is 0.215 e. The molecule has 0 unspecified atom stereocenters. The molecular formula is C11H20N2O2S2. The standard InChI is InChI=1S/C11H20N2O2S2/c1-3-12-7-10-17(14,15)13(2)8-6-11-5-4-9-16-11/h4-5,9,12H,3,6-8,10H2,1-2H3. The van der Waals surface area contributed by atoms with E-state index in [0.717, 1.165) is 13.0 Å². The van der Waals surface area contributed by atoms with Crippen molar-refractivity contribution in [2.24, 2.45) is 0 Å². The largest absolute Gasteiger partial charge is 0.316 e. The average Bonchev–Trinajstić information content (AvgIpc) is 2.78. The first kappa shape index (κ1) is 14.6. The maximum absolute atomic E-state index is 11.9. The molecule has 0 bridgehead atoms. The molecule has 0 spiro atoms. The zero-order valence-electron chi connectivity index (χ0n) is 10.3. The van der Waals surface area contributed by atoms with Crippen molar-refractivity contribution in [2.75, 3.05) is 32.4 Å². The van der Waals surface area contributed by atoms with Crippen LogP contribution >= 0.6 is 11.3 Å². The number of nitrogens with zero attached hydrogens (tertiary/aromatic N) is 1. The van der Waals surface area contributed by atoms with Crippen molar-refractivity contribution in [2.45, 2.75) is 13.3 Å². The Hall–Kier alpha value is -0.430. The molecule has 1 N–H and O–H groups in total. The lowest BCUT2D eigenvalue weighted by atomic mass is 10.3. The van der Waals surface area contributed by atoms with Crippen molar-refractivity contribution in [3.05, 3.63) is 22.4 Å². The molecule has 0 radical (unpaired) electrons. The molecule has 4 nitrogen and oxygen atoms in total. The Morgan fingerprint density at radius 1 is 1.47 bits per heavy atom. The van der Waals surface area contributed by atoms with Crippen LogP contribution in [0.2, 0.25) is 0 Å². The predicted molar refractivity (Wildman–Crippen MR) is 73.0 cm³/mol. The Morgan fingerprint density at radius 3 is 2.82 bits per heavy atom. The Kier molecular flexibility index (Phi) is 6.11. The number of hydrogen-bond donors (Lipinski definition) is 1. The first-order valence-corrected chi connectivity index (χ1v) is 8.22. The van der Waals surface area contributed by atoms with Gasteiger partial charge < -0.3 is 5.32 Å². The van der Waals surface area contributed by atoms with Gasteiger partial charge in [0, 0.05) is 25.0 Å². The van der Waals surface area contributed by atoms with Gasteiger partial charge in [-0.2, -0.15) is 0 Å². The van der Waals surface area contributed by atoms with E-state index in [4.69, 9.17) is 0 Å². The van der Waals surface area contributed by atoms with Gasteiger partial charge in [-0.05, 0) is 24.4 Å². The van der Waals surface area contributed by atoms with Gasteiger partial charge in [0.15, 0.2) is 0 Å². The number of likely N-dealkylation sites (N-methyl/N-ethyl adjacent to an activating group) is 1. The second-order valence-corrected chi connectivity index (χ2v) is 7.05. The van der Waals surface area contributed by atoms with E-state index in [1.807, 2.05) is 24.4 Å². The van der Waals surface area contributed by atoms with Crippen molar-refractivity contribution in [1.29, 1.82) is 0 Å². The van der Waals surface area contributed by atoms with E-state index in [1.165, 1.54) is 9.18 Å². The summed E-state index contributed by atoms with van der Waals surface area (Å²) in [7, 11) is -1.46. The molecule has 0 saturated carbocycles. The van der Waals surface area contributed by atoms with Gasteiger partial charge in [0.05, 0.1) is 5.75 Å². The lowest BCUT2D eigenvalue weighted by Gasteiger charge is -2.16. The minimum atomic E-state index is -3.11. The molecule has 0 aliphatic carbocycles. The van der Waals surface area contributed by atoms with Crippen LogP contribution in [0.3, 0.4) is 0 Å². The molecule has 0 aliphatic heterocycles. The van der Waals surface area contributed by atoms with Crippen LogP contribution in [0, 0.1) is 0 Å². The summed E-state index contributed by atoms with van der Waals surface area (Å²) in [6.07, 6.45) is 0.786. The zero-order valence-corrected chi connectivity index (χ0v) is 12.0. The highest BCUT2D eigenvalue weighted by molar-refractivity contribution is 7.89. The monoisotopic (exact) mass is 276 g/mol. The normalized spacial score (nSPS) is 12.2. The van der Waals surface area contributed by atoms with Gasteiger partial charge in [0.25, 0.3) is 0 Å². The quantitative estimate of drug-likeness (QED) is 0.725. The Morgan fingerprint density at radius 2 is 2.24 bits per heavy atom. The molecule has 1 heterocycles. The minimum Gasteiger partial charge on any atom is -0.316 e. The van der Waals surface area contributed by atoms with Crippen LogP contribution in [0.25, 0.3) is 0 Å². The Balaban J connectivity index is 2.37. The van der Waals surface area contributed by atoms with Gasteiger partial charge in [-0.15, -0.1) is 11.3 Å². The summed E-state index contributed by atoms with van der Waals surface area (Å²) in [6.45, 7) is 3.83. The van der Waals surface area contributed by atoms with Crippen molar-refractivity contribution in [3.63, 3.8) is 0 Å². The summed E-state index contributed by atoms with van der Waals surface area (Å²) in [6, 6.07) is 4.02. The first-order valence-electron chi connectivity index (χ1n) is 5.73. The summed E-state index contributed by atoms with van der Waals surface area (Å²) in [5.41, 5.74) is 0. The van der Waals surface area contributed by atoms with E-state index in [9.17, 15) is 8.42 Å². The third-order valence-corrected chi connectivity index (χ3v) is 5.30. The van der Waals surface area contributed by atoms with Crippen molar-refractivity contribution in [3.8, 4) is 0 Å². The van der Waals surface area contributed by atoms with E-state index in [-0.39, 0.29) is 5.75 Å². The van der Waals surface area contributed by atoms with Crippen molar-refractivity contribution in [1.82, 2.24) is 9.62 Å². The summed E-state index contributed by atoms with van der Waals surface area (Å²) in [5, 5.41) is 5.03. The van der Waals surface area contributed by atoms with Gasteiger partial charge in [-0.3, -0.25) is 0 Å². The van der Waals surface area contributed by atoms with Gasteiger partial charge in [-0.25, -0.2) is 12.7 Å². The lowest BCUT2D eigenvalue weighted by Crippen LogP contribution is -2.34. The molecule has 0 atom stereocenters. The minimum absolute atomic E-state index is 0.168. The van der Waals surface area contributed by atoms with E-state index < -0.39 is 10.0 Å². The van der Waals surface area contributed by atoms with Crippen LogP contribution in [0.5, 0.6) is 0 Å². The smallest absolute Gasteiger partial charge is 0.215 e. The second-order valence-electron chi connectivity index (χ2n) is 3.82. The molecule has 1 rings (SSSR count). The molecule has 0 amide bonds. The number of hydrogen-bond acceptors (Lipinski definition) is 4. The van der Waals surface area contributed by atoms with E-state index >= 15 is 0 Å².